The van der Waals surface area contributed by atoms with Gasteiger partial charge in [0.1, 0.15) is 18.3 Å². The number of carbonyl (C=O) groups excluding carboxylic acids is 3. The highest BCUT2D eigenvalue weighted by atomic mass is 32.1. The molecule has 2 heterocycles. The molecular formula is C26H27N5O7S. The van der Waals surface area contributed by atoms with Gasteiger partial charge in [0.25, 0.3) is 11.6 Å². The zero-order valence-corrected chi connectivity index (χ0v) is 22.4. The minimum absolute atomic E-state index is 0.0941. The van der Waals surface area contributed by atoms with Crippen molar-refractivity contribution >= 4 is 46.5 Å². The normalized spacial score (nSPS) is 15.0. The van der Waals surface area contributed by atoms with E-state index in [1.807, 2.05) is 6.92 Å². The molecule has 1 aromatic heterocycles. The van der Waals surface area contributed by atoms with Crippen LogP contribution in [0.15, 0.2) is 53.1 Å². The molecule has 0 bridgehead atoms. The SMILES string of the molecule is CCOC(=O)c1ccc(NC(=O)CC2C(=O)N(c3ccc(OCC)cc3)C(=S)N2Cc2c([O-])on[n+]2C)cc1. The van der Waals surface area contributed by atoms with Gasteiger partial charge < -0.3 is 29.3 Å². The van der Waals surface area contributed by atoms with Gasteiger partial charge in [-0.3, -0.25) is 14.5 Å². The number of thiocarbonyl (C=S) groups is 1. The summed E-state index contributed by atoms with van der Waals surface area (Å²) in [7, 11) is 1.53. The number of nitrogens with one attached hydrogen (secondary N) is 1. The van der Waals surface area contributed by atoms with E-state index in [4.69, 9.17) is 26.2 Å². The molecule has 1 aliphatic heterocycles. The number of aryl methyl sites for hydroxylation is 1. The molecule has 1 fully saturated rings. The Bertz CT molecular complexity index is 1350. The van der Waals surface area contributed by atoms with Gasteiger partial charge in [-0.05, 0) is 74.6 Å². The summed E-state index contributed by atoms with van der Waals surface area (Å²) in [5, 5.41) is 18.7. The highest BCUT2D eigenvalue weighted by Crippen LogP contribution is 2.30. The van der Waals surface area contributed by atoms with Crippen LogP contribution in [0.25, 0.3) is 0 Å². The van der Waals surface area contributed by atoms with Gasteiger partial charge in [0.15, 0.2) is 18.1 Å². The molecule has 12 nitrogen and oxygen atoms in total. The van der Waals surface area contributed by atoms with Crippen LogP contribution in [0.5, 0.6) is 11.7 Å². The van der Waals surface area contributed by atoms with Crippen molar-refractivity contribution in [2.24, 2.45) is 7.05 Å². The summed E-state index contributed by atoms with van der Waals surface area (Å²) in [6.07, 6.45) is -0.255. The van der Waals surface area contributed by atoms with Crippen LogP contribution in [0.2, 0.25) is 0 Å². The maximum atomic E-state index is 13.6. The van der Waals surface area contributed by atoms with E-state index in [1.54, 1.807) is 43.3 Å². The summed E-state index contributed by atoms with van der Waals surface area (Å²) >= 11 is 5.65. The van der Waals surface area contributed by atoms with E-state index in [0.717, 1.165) is 0 Å². The second kappa shape index (κ2) is 11.9. The fourth-order valence-corrected chi connectivity index (χ4v) is 4.45. The molecule has 39 heavy (non-hydrogen) atoms. The second-order valence-electron chi connectivity index (χ2n) is 8.51. The molecule has 1 unspecified atom stereocenters. The monoisotopic (exact) mass is 553 g/mol. The Morgan fingerprint density at radius 1 is 1.13 bits per heavy atom. The van der Waals surface area contributed by atoms with Gasteiger partial charge in [0.05, 0.1) is 36.2 Å². The van der Waals surface area contributed by atoms with Crippen molar-refractivity contribution in [2.75, 3.05) is 23.4 Å². The van der Waals surface area contributed by atoms with Gasteiger partial charge in [-0.1, -0.05) is 4.68 Å². The van der Waals surface area contributed by atoms with E-state index in [0.29, 0.717) is 29.3 Å². The van der Waals surface area contributed by atoms with Crippen LogP contribution in [-0.2, 0) is 27.9 Å². The fraction of sp³-hybridized carbons (Fsp3) is 0.308. The third kappa shape index (κ3) is 5.98. The molecule has 0 aliphatic carbocycles. The largest absolute Gasteiger partial charge is 0.539 e. The van der Waals surface area contributed by atoms with E-state index in [1.165, 1.54) is 33.7 Å². The van der Waals surface area contributed by atoms with Crippen LogP contribution >= 0.6 is 12.2 Å². The van der Waals surface area contributed by atoms with Crippen LogP contribution in [0.3, 0.4) is 0 Å². The summed E-state index contributed by atoms with van der Waals surface area (Å²) in [5.41, 5.74) is 1.44. The molecule has 1 aliphatic rings. The predicted octanol–water partition coefficient (Wildman–Crippen LogP) is 1.68. The Morgan fingerprint density at radius 2 is 1.82 bits per heavy atom. The van der Waals surface area contributed by atoms with Crippen LogP contribution in [0.4, 0.5) is 11.4 Å². The molecule has 0 radical (unpaired) electrons. The number of hydrogen-bond donors (Lipinski definition) is 1. The molecule has 3 aromatic rings. The molecule has 1 N–H and O–H groups in total. The standard InChI is InChI=1S/C26H27N5O7S/c1-4-36-19-12-10-18(11-13-19)31-23(33)20(30(26(31)39)15-21-25(35)38-28-29(21)3)14-22(32)27-17-8-6-16(7-9-17)24(34)37-5-2/h6-13,20H,4-5,14-15H2,1-3H3,(H-,27,28,32,34,35). The van der Waals surface area contributed by atoms with Gasteiger partial charge in [0, 0.05) is 5.69 Å². The first kappa shape index (κ1) is 27.5. The molecule has 2 amide bonds. The molecule has 4 rings (SSSR count). The van der Waals surface area contributed by atoms with E-state index < -0.39 is 29.8 Å². The third-order valence-electron chi connectivity index (χ3n) is 5.98. The van der Waals surface area contributed by atoms with Gasteiger partial charge in [-0.25, -0.2) is 4.79 Å². The van der Waals surface area contributed by atoms with Gasteiger partial charge in [0.2, 0.25) is 5.91 Å². The zero-order chi connectivity index (χ0) is 28.1. The van der Waals surface area contributed by atoms with Crippen LogP contribution in [-0.4, -0.2) is 52.3 Å². The number of aromatic nitrogens is 2. The number of anilines is 2. The molecule has 1 atom stereocenters. The summed E-state index contributed by atoms with van der Waals surface area (Å²) in [4.78, 5) is 41.4. The van der Waals surface area contributed by atoms with Crippen LogP contribution < -0.4 is 24.7 Å². The highest BCUT2D eigenvalue weighted by molar-refractivity contribution is 7.80. The van der Waals surface area contributed by atoms with E-state index in [9.17, 15) is 19.5 Å². The van der Waals surface area contributed by atoms with Crippen LogP contribution in [0.1, 0.15) is 36.3 Å². The molecule has 13 heteroatoms. The number of esters is 1. The van der Waals surface area contributed by atoms with Crippen molar-refractivity contribution in [1.82, 2.24) is 10.2 Å². The minimum Gasteiger partial charge on any atom is -0.539 e. The summed E-state index contributed by atoms with van der Waals surface area (Å²) in [6.45, 7) is 4.22. The Morgan fingerprint density at radius 3 is 2.41 bits per heavy atom. The van der Waals surface area contributed by atoms with Crippen molar-refractivity contribution in [3.63, 3.8) is 0 Å². The lowest BCUT2D eigenvalue weighted by atomic mass is 10.1. The lowest BCUT2D eigenvalue weighted by Gasteiger charge is -2.22. The number of rotatable bonds is 10. The lowest BCUT2D eigenvalue weighted by Crippen LogP contribution is -2.42. The predicted molar refractivity (Wildman–Crippen MR) is 140 cm³/mol. The van der Waals surface area contributed by atoms with Gasteiger partial charge >= 0.3 is 5.97 Å². The van der Waals surface area contributed by atoms with E-state index in [-0.39, 0.29) is 30.4 Å². The summed E-state index contributed by atoms with van der Waals surface area (Å²) < 4.78 is 16.4. The minimum atomic E-state index is -1.00. The molecule has 0 saturated carbocycles. The molecule has 204 valence electrons. The molecule has 1 saturated heterocycles. The average molecular weight is 554 g/mol. The number of amides is 2. The lowest BCUT2D eigenvalue weighted by molar-refractivity contribution is -0.746. The quantitative estimate of drug-likeness (QED) is 0.224. The Kier molecular flexibility index (Phi) is 8.39. The number of benzene rings is 2. The number of hydrogen-bond acceptors (Lipinski definition) is 9. The molecule has 2 aromatic carbocycles. The van der Waals surface area contributed by atoms with E-state index >= 15 is 0 Å². The van der Waals surface area contributed by atoms with Crippen molar-refractivity contribution in [3.8, 4) is 11.7 Å². The first-order valence-electron chi connectivity index (χ1n) is 12.2. The Labute approximate surface area is 229 Å². The van der Waals surface area contributed by atoms with Crippen LogP contribution in [0, 0.1) is 0 Å². The van der Waals surface area contributed by atoms with Crippen molar-refractivity contribution in [1.29, 1.82) is 0 Å². The topological polar surface area (TPSA) is 141 Å². The maximum Gasteiger partial charge on any atom is 0.338 e. The van der Waals surface area contributed by atoms with E-state index in [2.05, 4.69) is 10.6 Å². The second-order valence-corrected chi connectivity index (χ2v) is 8.87. The number of ether oxygens (including phenoxy) is 2. The highest BCUT2D eigenvalue weighted by Gasteiger charge is 2.45. The fourth-order valence-electron chi connectivity index (χ4n) is 4.06. The Hall–Kier alpha value is -4.52. The first-order valence-corrected chi connectivity index (χ1v) is 12.6. The molecule has 0 spiro atoms. The maximum absolute atomic E-state index is 13.6. The summed E-state index contributed by atoms with van der Waals surface area (Å²) in [6, 6.07) is 12.0. The average Bonchev–Trinajstić information content (AvgIpc) is 3.35. The smallest absolute Gasteiger partial charge is 0.338 e. The van der Waals surface area contributed by atoms with Gasteiger partial charge in [-0.2, -0.15) is 0 Å². The molecular weight excluding hydrogens is 526 g/mol. The van der Waals surface area contributed by atoms with Gasteiger partial charge in [-0.15, -0.1) is 0 Å². The summed E-state index contributed by atoms with van der Waals surface area (Å²) in [5.74, 6) is -1.39. The van der Waals surface area contributed by atoms with Crippen molar-refractivity contribution < 1.29 is 38.2 Å². The van der Waals surface area contributed by atoms with Crippen molar-refractivity contribution in [2.45, 2.75) is 32.9 Å². The third-order valence-corrected chi connectivity index (χ3v) is 6.39. The number of carbonyl (C=O) groups is 3. The number of nitrogens with zero attached hydrogens (tertiary/aromatic N) is 4. The Balaban J connectivity index is 1.56. The first-order chi connectivity index (χ1) is 18.7. The van der Waals surface area contributed by atoms with Crippen molar-refractivity contribution in [3.05, 3.63) is 59.8 Å². The zero-order valence-electron chi connectivity index (χ0n) is 21.6.